The van der Waals surface area contributed by atoms with Gasteiger partial charge in [-0.05, 0) is 51.2 Å². The second kappa shape index (κ2) is 7.20. The van der Waals surface area contributed by atoms with E-state index in [1.165, 1.54) is 19.3 Å². The van der Waals surface area contributed by atoms with E-state index in [1.54, 1.807) is 0 Å². The van der Waals surface area contributed by atoms with E-state index < -0.39 is 6.10 Å². The van der Waals surface area contributed by atoms with E-state index in [0.29, 0.717) is 13.2 Å². The lowest BCUT2D eigenvalue weighted by atomic mass is 9.50. The van der Waals surface area contributed by atoms with Crippen LogP contribution in [0.25, 0.3) is 16.6 Å². The topological polar surface area (TPSA) is 71.6 Å². The minimum absolute atomic E-state index is 0.247. The van der Waals surface area contributed by atoms with E-state index in [9.17, 15) is 5.11 Å². The molecule has 180 valence electrons. The maximum absolute atomic E-state index is 10.5. The van der Waals surface area contributed by atoms with Crippen LogP contribution in [0, 0.1) is 5.92 Å². The predicted octanol–water partition coefficient (Wildman–Crippen LogP) is 3.04. The third-order valence-corrected chi connectivity index (χ3v) is 9.29. The highest BCUT2D eigenvalue weighted by molar-refractivity contribution is 6.34. The van der Waals surface area contributed by atoms with Crippen LogP contribution in [0.3, 0.4) is 0 Å². The molecule has 9 heteroatoms. The Balaban J connectivity index is 1.18. The Morgan fingerprint density at radius 3 is 2.65 bits per heavy atom. The summed E-state index contributed by atoms with van der Waals surface area (Å²) in [6.07, 6.45) is 9.30. The van der Waals surface area contributed by atoms with Crippen molar-refractivity contribution in [1.29, 1.82) is 0 Å². The number of aliphatic hydroxyl groups is 1. The Morgan fingerprint density at radius 2 is 1.97 bits per heavy atom. The number of piperazine rings is 1. The quantitative estimate of drug-likeness (QED) is 0.616. The number of aliphatic hydroxyl groups excluding tert-OH is 1. The number of ether oxygens (including phenoxy) is 1. The first-order valence-electron chi connectivity index (χ1n) is 12.4. The summed E-state index contributed by atoms with van der Waals surface area (Å²) < 4.78 is 9.73. The number of nitrogens with zero attached hydrogens (tertiary/aromatic N) is 6. The Kier molecular flexibility index (Phi) is 4.48. The zero-order valence-electron chi connectivity index (χ0n) is 19.7. The molecule has 3 atom stereocenters. The fourth-order valence-corrected chi connectivity index (χ4v) is 6.87. The molecule has 3 aromatic rings. The SMILES string of the molecule is C[C@@H]1CN(C2(C)COC[C@@H]2O)CCN1c1cc2c(cnn2-c2cnn(C34CC(C3)C4)c2)cc1Cl. The van der Waals surface area contributed by atoms with Gasteiger partial charge in [-0.15, -0.1) is 0 Å². The fourth-order valence-electron chi connectivity index (χ4n) is 6.59. The van der Waals surface area contributed by atoms with Crippen LogP contribution < -0.4 is 4.90 Å². The first-order chi connectivity index (χ1) is 16.4. The molecule has 1 aromatic carbocycles. The van der Waals surface area contributed by atoms with Crippen LogP contribution in [0.1, 0.15) is 33.1 Å². The Labute approximate surface area is 204 Å². The van der Waals surface area contributed by atoms with E-state index in [0.717, 1.165) is 52.9 Å². The minimum atomic E-state index is -0.452. The predicted molar refractivity (Wildman–Crippen MR) is 131 cm³/mol. The van der Waals surface area contributed by atoms with Crippen LogP contribution in [0.5, 0.6) is 0 Å². The highest BCUT2D eigenvalue weighted by Gasteiger charge is 2.58. The van der Waals surface area contributed by atoms with Gasteiger partial charge in [-0.25, -0.2) is 4.68 Å². The molecule has 0 radical (unpaired) electrons. The van der Waals surface area contributed by atoms with Crippen LogP contribution in [0.2, 0.25) is 5.02 Å². The zero-order chi connectivity index (χ0) is 23.2. The number of hydrogen-bond donors (Lipinski definition) is 1. The molecule has 8 rings (SSSR count). The van der Waals surface area contributed by atoms with Crippen molar-refractivity contribution >= 4 is 28.2 Å². The first kappa shape index (κ1) is 21.2. The van der Waals surface area contributed by atoms with E-state index in [2.05, 4.69) is 45.7 Å². The molecule has 5 fully saturated rings. The van der Waals surface area contributed by atoms with Crippen LogP contribution in [0.15, 0.2) is 30.7 Å². The average molecular weight is 483 g/mol. The Bertz CT molecular complexity index is 1250. The van der Waals surface area contributed by atoms with Gasteiger partial charge in [-0.1, -0.05) is 11.6 Å². The molecular weight excluding hydrogens is 452 g/mol. The van der Waals surface area contributed by atoms with Crippen LogP contribution in [-0.4, -0.2) is 80.1 Å². The molecule has 1 unspecified atom stereocenters. The van der Waals surface area contributed by atoms with Crippen molar-refractivity contribution < 1.29 is 9.84 Å². The smallest absolute Gasteiger partial charge is 0.103 e. The summed E-state index contributed by atoms with van der Waals surface area (Å²) in [5, 5.41) is 21.6. The monoisotopic (exact) mass is 482 g/mol. The highest BCUT2D eigenvalue weighted by Crippen LogP contribution is 2.62. The minimum Gasteiger partial charge on any atom is -0.389 e. The van der Waals surface area contributed by atoms with Gasteiger partial charge in [0.15, 0.2) is 0 Å². The molecule has 3 saturated carbocycles. The van der Waals surface area contributed by atoms with Gasteiger partial charge in [-0.3, -0.25) is 9.58 Å². The zero-order valence-corrected chi connectivity index (χ0v) is 20.4. The molecule has 1 N–H and O–H groups in total. The lowest BCUT2D eigenvalue weighted by Crippen LogP contribution is -2.63. The van der Waals surface area contributed by atoms with Gasteiger partial charge in [0.25, 0.3) is 0 Å². The highest BCUT2D eigenvalue weighted by atomic mass is 35.5. The molecule has 2 saturated heterocycles. The molecule has 2 bridgehead atoms. The van der Waals surface area contributed by atoms with Crippen molar-refractivity contribution in [3.63, 3.8) is 0 Å². The molecule has 2 aliphatic heterocycles. The lowest BCUT2D eigenvalue weighted by Gasteiger charge is -2.61. The second-order valence-corrected chi connectivity index (χ2v) is 11.5. The van der Waals surface area contributed by atoms with Crippen molar-refractivity contribution in [2.24, 2.45) is 5.92 Å². The summed E-state index contributed by atoms with van der Waals surface area (Å²) in [6, 6.07) is 4.44. The second-order valence-electron chi connectivity index (χ2n) is 11.1. The number of rotatable bonds is 4. The third-order valence-electron chi connectivity index (χ3n) is 8.99. The number of hydrogen-bond acceptors (Lipinski definition) is 6. The third kappa shape index (κ3) is 2.89. The maximum Gasteiger partial charge on any atom is 0.103 e. The summed E-state index contributed by atoms with van der Waals surface area (Å²) in [5.41, 5.74) is 3.01. The number of anilines is 1. The van der Waals surface area contributed by atoms with Crippen molar-refractivity contribution in [1.82, 2.24) is 24.5 Å². The fraction of sp³-hybridized carbons (Fsp3) is 0.600. The molecule has 0 amide bonds. The van der Waals surface area contributed by atoms with Gasteiger partial charge < -0.3 is 14.7 Å². The molecular formula is C25H31ClN6O2. The molecule has 8 nitrogen and oxygen atoms in total. The molecule has 3 aliphatic carbocycles. The van der Waals surface area contributed by atoms with Crippen LogP contribution in [0.4, 0.5) is 5.69 Å². The van der Waals surface area contributed by atoms with Gasteiger partial charge in [-0.2, -0.15) is 10.2 Å². The molecule has 34 heavy (non-hydrogen) atoms. The summed E-state index contributed by atoms with van der Waals surface area (Å²) in [4.78, 5) is 4.76. The van der Waals surface area contributed by atoms with Crippen molar-refractivity contribution in [3.8, 4) is 5.69 Å². The van der Waals surface area contributed by atoms with Crippen molar-refractivity contribution in [2.75, 3.05) is 37.7 Å². The summed E-state index contributed by atoms with van der Waals surface area (Å²) in [6.45, 7) is 7.86. The summed E-state index contributed by atoms with van der Waals surface area (Å²) in [7, 11) is 0. The van der Waals surface area contributed by atoms with E-state index in [1.807, 2.05) is 23.1 Å². The van der Waals surface area contributed by atoms with Crippen LogP contribution >= 0.6 is 11.6 Å². The lowest BCUT2D eigenvalue weighted by molar-refractivity contribution is -0.0977. The number of fused-ring (bicyclic) bond motifs is 1. The first-order valence-corrected chi connectivity index (χ1v) is 12.7. The molecule has 2 aromatic heterocycles. The number of aromatic nitrogens is 4. The molecule has 0 spiro atoms. The molecule has 5 aliphatic rings. The average Bonchev–Trinajstić information content (AvgIpc) is 3.45. The largest absolute Gasteiger partial charge is 0.389 e. The normalized spacial score (nSPS) is 35.5. The van der Waals surface area contributed by atoms with Crippen molar-refractivity contribution in [3.05, 3.63) is 35.7 Å². The van der Waals surface area contributed by atoms with E-state index in [4.69, 9.17) is 21.4 Å². The Morgan fingerprint density at radius 1 is 1.15 bits per heavy atom. The van der Waals surface area contributed by atoms with Gasteiger partial charge in [0.05, 0.1) is 65.2 Å². The van der Waals surface area contributed by atoms with Gasteiger partial charge in [0.1, 0.15) is 5.69 Å². The maximum atomic E-state index is 10.5. The Hall–Kier alpha value is -2.13. The van der Waals surface area contributed by atoms with Gasteiger partial charge in [0.2, 0.25) is 0 Å². The summed E-state index contributed by atoms with van der Waals surface area (Å²) in [5.74, 6) is 0.914. The van der Waals surface area contributed by atoms with E-state index >= 15 is 0 Å². The van der Waals surface area contributed by atoms with Gasteiger partial charge in [0, 0.05) is 31.1 Å². The van der Waals surface area contributed by atoms with Gasteiger partial charge >= 0.3 is 0 Å². The summed E-state index contributed by atoms with van der Waals surface area (Å²) >= 11 is 6.80. The van der Waals surface area contributed by atoms with E-state index in [-0.39, 0.29) is 17.1 Å². The number of benzene rings is 1. The standard InChI is InChI=1S/C25H31ClN6O2/c1-16-12-29(24(2)15-34-14-23(24)33)3-4-30(16)22-6-21-18(5-20(22)26)10-28-32(21)19-11-27-31(13-19)25-7-17(8-25)9-25/h5-6,10-11,13,16-17,23,33H,3-4,7-9,12,14-15H2,1-2H3/t16-,17?,23+,24?,25?/m1/s1. The molecule has 4 heterocycles. The van der Waals surface area contributed by atoms with Crippen molar-refractivity contribution in [2.45, 2.75) is 56.3 Å². The number of halogens is 1. The van der Waals surface area contributed by atoms with Crippen LogP contribution in [-0.2, 0) is 10.3 Å².